The monoisotopic (exact) mass is 345 g/mol. The quantitative estimate of drug-likeness (QED) is 0.808. The van der Waals surface area contributed by atoms with Crippen LogP contribution in [0.15, 0.2) is 18.2 Å². The third-order valence-electron chi connectivity index (χ3n) is 4.90. The molecule has 6 nitrogen and oxygen atoms in total. The van der Waals surface area contributed by atoms with E-state index in [1.54, 1.807) is 6.92 Å². The molecular formula is C19H27N3O3. The Morgan fingerprint density at radius 2 is 2.04 bits per heavy atom. The fourth-order valence-corrected chi connectivity index (χ4v) is 3.59. The Hall–Kier alpha value is -1.92. The van der Waals surface area contributed by atoms with Crippen LogP contribution in [0, 0.1) is 0 Å². The van der Waals surface area contributed by atoms with Gasteiger partial charge in [-0.05, 0) is 37.0 Å². The number of nitrogens with zero attached hydrogens (tertiary/aromatic N) is 2. The van der Waals surface area contributed by atoms with Crippen LogP contribution < -0.4 is 5.32 Å². The van der Waals surface area contributed by atoms with Gasteiger partial charge in [0.25, 0.3) is 0 Å². The molecule has 2 aliphatic heterocycles. The van der Waals surface area contributed by atoms with E-state index in [0.717, 1.165) is 50.3 Å². The van der Waals surface area contributed by atoms with E-state index in [4.69, 9.17) is 0 Å². The molecule has 25 heavy (non-hydrogen) atoms. The van der Waals surface area contributed by atoms with Crippen LogP contribution in [0.3, 0.4) is 0 Å². The van der Waals surface area contributed by atoms with E-state index >= 15 is 0 Å². The number of β-amino-alcohol motifs (C(OH)–C–C–N with tert-alkyl or cyclic N) is 1. The highest BCUT2D eigenvalue weighted by Crippen LogP contribution is 2.24. The van der Waals surface area contributed by atoms with Crippen LogP contribution >= 0.6 is 0 Å². The molecule has 0 saturated carbocycles. The molecule has 2 N–H and O–H groups in total. The molecule has 1 aromatic carbocycles. The number of nitrogens with one attached hydrogen (secondary N) is 1. The lowest BCUT2D eigenvalue weighted by Gasteiger charge is -2.35. The van der Waals surface area contributed by atoms with Crippen molar-refractivity contribution in [2.75, 3.05) is 38.0 Å². The number of fused-ring (bicyclic) bond motifs is 1. The molecule has 0 aliphatic carbocycles. The third kappa shape index (κ3) is 4.80. The molecule has 1 saturated heterocycles. The minimum Gasteiger partial charge on any atom is -0.392 e. The van der Waals surface area contributed by atoms with Gasteiger partial charge in [-0.15, -0.1) is 0 Å². The summed E-state index contributed by atoms with van der Waals surface area (Å²) in [6, 6.07) is 6.06. The van der Waals surface area contributed by atoms with Gasteiger partial charge in [-0.1, -0.05) is 12.1 Å². The van der Waals surface area contributed by atoms with Crippen molar-refractivity contribution in [3.05, 3.63) is 29.3 Å². The fraction of sp³-hybridized carbons (Fsp3) is 0.579. The Labute approximate surface area is 148 Å². The van der Waals surface area contributed by atoms with Crippen molar-refractivity contribution in [3.63, 3.8) is 0 Å². The summed E-state index contributed by atoms with van der Waals surface area (Å²) < 4.78 is 0. The van der Waals surface area contributed by atoms with Gasteiger partial charge >= 0.3 is 0 Å². The van der Waals surface area contributed by atoms with Crippen molar-refractivity contribution in [3.8, 4) is 0 Å². The predicted octanol–water partition coefficient (Wildman–Crippen LogP) is 1.03. The number of hydrogen-bond acceptors (Lipinski definition) is 4. The molecule has 0 unspecified atom stereocenters. The zero-order valence-corrected chi connectivity index (χ0v) is 14.8. The summed E-state index contributed by atoms with van der Waals surface area (Å²) in [4.78, 5) is 27.9. The zero-order valence-electron chi connectivity index (χ0n) is 14.8. The molecule has 3 rings (SSSR count). The zero-order chi connectivity index (χ0) is 17.8. The number of aryl methyl sites for hydroxylation is 1. The third-order valence-corrected chi connectivity index (χ3v) is 4.90. The summed E-state index contributed by atoms with van der Waals surface area (Å²) in [5, 5.41) is 12.3. The van der Waals surface area contributed by atoms with E-state index in [0.29, 0.717) is 19.4 Å². The molecule has 1 aromatic rings. The summed E-state index contributed by atoms with van der Waals surface area (Å²) in [7, 11) is 0. The van der Waals surface area contributed by atoms with Gasteiger partial charge in [0.15, 0.2) is 0 Å². The van der Waals surface area contributed by atoms with Gasteiger partial charge in [0.05, 0.1) is 12.5 Å². The van der Waals surface area contributed by atoms with E-state index in [9.17, 15) is 14.7 Å². The lowest BCUT2D eigenvalue weighted by molar-refractivity contribution is -0.133. The Morgan fingerprint density at radius 1 is 1.28 bits per heavy atom. The van der Waals surface area contributed by atoms with Crippen molar-refractivity contribution in [2.24, 2.45) is 0 Å². The van der Waals surface area contributed by atoms with Crippen molar-refractivity contribution in [2.45, 2.75) is 38.7 Å². The highest BCUT2D eigenvalue weighted by Gasteiger charge is 2.21. The standard InChI is InChI=1S/C19H27N3O3/c1-14(23)13-21-7-9-22(10-8-21)19(25)4-2-3-15-5-6-17-16(11-15)12-18(24)20-17/h5-6,11,14,23H,2-4,7-10,12-13H2,1H3,(H,20,24)/t14-/m1/s1. The van der Waals surface area contributed by atoms with E-state index in [2.05, 4.69) is 16.3 Å². The van der Waals surface area contributed by atoms with Crippen LogP contribution in [0.2, 0.25) is 0 Å². The molecule has 2 amide bonds. The summed E-state index contributed by atoms with van der Waals surface area (Å²) >= 11 is 0. The second-order valence-corrected chi connectivity index (χ2v) is 7.10. The first-order valence-corrected chi connectivity index (χ1v) is 9.11. The number of aliphatic hydroxyl groups is 1. The number of hydrogen-bond donors (Lipinski definition) is 2. The number of aliphatic hydroxyl groups excluding tert-OH is 1. The molecule has 2 aliphatic rings. The van der Waals surface area contributed by atoms with Crippen LogP contribution in [0.1, 0.15) is 30.9 Å². The number of carbonyl (C=O) groups excluding carboxylic acids is 2. The van der Waals surface area contributed by atoms with Crippen LogP contribution in [0.4, 0.5) is 5.69 Å². The van der Waals surface area contributed by atoms with E-state index in [1.165, 1.54) is 5.56 Å². The number of piperazine rings is 1. The topological polar surface area (TPSA) is 72.9 Å². The van der Waals surface area contributed by atoms with Crippen LogP contribution in [0.5, 0.6) is 0 Å². The van der Waals surface area contributed by atoms with Crippen molar-refractivity contribution in [1.82, 2.24) is 9.80 Å². The SMILES string of the molecule is C[C@@H](O)CN1CCN(C(=O)CCCc2ccc3c(c2)CC(=O)N3)CC1. The number of rotatable bonds is 6. The van der Waals surface area contributed by atoms with Crippen LogP contribution in [-0.2, 0) is 22.4 Å². The average molecular weight is 345 g/mol. The maximum Gasteiger partial charge on any atom is 0.228 e. The number of anilines is 1. The molecule has 0 radical (unpaired) electrons. The molecule has 1 fully saturated rings. The van der Waals surface area contributed by atoms with Gasteiger partial charge in [-0.2, -0.15) is 0 Å². The molecule has 0 aromatic heterocycles. The summed E-state index contributed by atoms with van der Waals surface area (Å²) in [5.74, 6) is 0.270. The van der Waals surface area contributed by atoms with E-state index < -0.39 is 0 Å². The maximum absolute atomic E-state index is 12.4. The number of benzene rings is 1. The van der Waals surface area contributed by atoms with Gasteiger partial charge in [0.1, 0.15) is 0 Å². The van der Waals surface area contributed by atoms with E-state index in [-0.39, 0.29) is 17.9 Å². The van der Waals surface area contributed by atoms with Crippen molar-refractivity contribution in [1.29, 1.82) is 0 Å². The molecule has 0 spiro atoms. The van der Waals surface area contributed by atoms with Crippen LogP contribution in [0.25, 0.3) is 0 Å². The van der Waals surface area contributed by atoms with Gasteiger partial charge < -0.3 is 15.3 Å². The Kier molecular flexibility index (Phi) is 5.71. The molecular weight excluding hydrogens is 318 g/mol. The maximum atomic E-state index is 12.4. The predicted molar refractivity (Wildman–Crippen MR) is 96.4 cm³/mol. The first kappa shape index (κ1) is 17.9. The number of amides is 2. The van der Waals surface area contributed by atoms with Crippen LogP contribution in [-0.4, -0.2) is 65.5 Å². The lowest BCUT2D eigenvalue weighted by Crippen LogP contribution is -2.50. The Balaban J connectivity index is 1.40. The van der Waals surface area contributed by atoms with E-state index in [1.807, 2.05) is 17.0 Å². The Bertz CT molecular complexity index is 637. The second kappa shape index (κ2) is 7.97. The molecule has 6 heteroatoms. The largest absolute Gasteiger partial charge is 0.392 e. The molecule has 0 bridgehead atoms. The average Bonchev–Trinajstić information content (AvgIpc) is 2.94. The summed E-state index contributed by atoms with van der Waals surface area (Å²) in [5.41, 5.74) is 3.16. The molecule has 136 valence electrons. The summed E-state index contributed by atoms with van der Waals surface area (Å²) in [6.45, 7) is 5.64. The summed E-state index contributed by atoms with van der Waals surface area (Å²) in [6.07, 6.45) is 2.38. The molecule has 2 heterocycles. The van der Waals surface area contributed by atoms with Gasteiger partial charge in [-0.3, -0.25) is 14.5 Å². The first-order valence-electron chi connectivity index (χ1n) is 9.11. The van der Waals surface area contributed by atoms with Gasteiger partial charge in [0.2, 0.25) is 11.8 Å². The van der Waals surface area contributed by atoms with Gasteiger partial charge in [0, 0.05) is 44.8 Å². The number of carbonyl (C=O) groups is 2. The normalized spacial score (nSPS) is 18.8. The first-order chi connectivity index (χ1) is 12.0. The fourth-order valence-electron chi connectivity index (χ4n) is 3.59. The van der Waals surface area contributed by atoms with Gasteiger partial charge in [-0.25, -0.2) is 0 Å². The van der Waals surface area contributed by atoms with Crippen molar-refractivity contribution >= 4 is 17.5 Å². The second-order valence-electron chi connectivity index (χ2n) is 7.10. The minimum atomic E-state index is -0.319. The Morgan fingerprint density at radius 3 is 2.76 bits per heavy atom. The minimum absolute atomic E-state index is 0.0528. The highest BCUT2D eigenvalue weighted by atomic mass is 16.3. The molecule has 1 atom stereocenters. The lowest BCUT2D eigenvalue weighted by atomic mass is 10.0. The highest BCUT2D eigenvalue weighted by molar-refractivity contribution is 5.99. The smallest absolute Gasteiger partial charge is 0.228 e. The van der Waals surface area contributed by atoms with Crippen molar-refractivity contribution < 1.29 is 14.7 Å².